The lowest BCUT2D eigenvalue weighted by atomic mass is 10.0. The smallest absolute Gasteiger partial charge is 0.236 e. The standard InChI is InChI=1S/C16H25N3O3/c1-17-11-16(20)19-6-4-12(5-7-19)18-13-8-14(21-2)10-15(9-13)22-3/h8-10,12,17-18H,4-7,11H2,1-3H3. The van der Waals surface area contributed by atoms with Gasteiger partial charge in [-0.25, -0.2) is 0 Å². The van der Waals surface area contributed by atoms with Gasteiger partial charge in [0.1, 0.15) is 11.5 Å². The molecule has 1 aromatic rings. The number of piperidine rings is 1. The number of nitrogens with one attached hydrogen (secondary N) is 2. The zero-order chi connectivity index (χ0) is 15.9. The highest BCUT2D eigenvalue weighted by molar-refractivity contribution is 5.78. The third-order valence-corrected chi connectivity index (χ3v) is 3.90. The Kier molecular flexibility index (Phi) is 5.89. The van der Waals surface area contributed by atoms with Crippen LogP contribution in [-0.2, 0) is 4.79 Å². The first-order valence-corrected chi connectivity index (χ1v) is 7.58. The van der Waals surface area contributed by atoms with Gasteiger partial charge in [0.15, 0.2) is 0 Å². The van der Waals surface area contributed by atoms with Crippen molar-refractivity contribution in [3.63, 3.8) is 0 Å². The molecule has 0 aliphatic carbocycles. The molecular formula is C16H25N3O3. The number of amides is 1. The van der Waals surface area contributed by atoms with Crippen LogP contribution in [0.4, 0.5) is 5.69 Å². The molecule has 2 N–H and O–H groups in total. The molecule has 1 saturated heterocycles. The molecule has 1 fully saturated rings. The molecule has 1 amide bonds. The van der Waals surface area contributed by atoms with E-state index < -0.39 is 0 Å². The minimum atomic E-state index is 0.170. The minimum Gasteiger partial charge on any atom is -0.497 e. The van der Waals surface area contributed by atoms with Crippen molar-refractivity contribution < 1.29 is 14.3 Å². The SMILES string of the molecule is CNCC(=O)N1CCC(Nc2cc(OC)cc(OC)c2)CC1. The molecule has 0 unspecified atom stereocenters. The summed E-state index contributed by atoms with van der Waals surface area (Å²) in [7, 11) is 5.08. The van der Waals surface area contributed by atoms with Crippen LogP contribution in [-0.4, -0.2) is 57.8 Å². The summed E-state index contributed by atoms with van der Waals surface area (Å²) >= 11 is 0. The molecular weight excluding hydrogens is 282 g/mol. The van der Waals surface area contributed by atoms with Crippen LogP contribution in [0.2, 0.25) is 0 Å². The number of hydrogen-bond acceptors (Lipinski definition) is 5. The normalized spacial score (nSPS) is 15.5. The van der Waals surface area contributed by atoms with Crippen molar-refractivity contribution in [2.24, 2.45) is 0 Å². The molecule has 1 aliphatic rings. The second-order valence-corrected chi connectivity index (χ2v) is 5.43. The van der Waals surface area contributed by atoms with E-state index in [4.69, 9.17) is 9.47 Å². The number of carbonyl (C=O) groups is 1. The van der Waals surface area contributed by atoms with E-state index in [0.717, 1.165) is 43.1 Å². The first-order chi connectivity index (χ1) is 10.7. The zero-order valence-electron chi connectivity index (χ0n) is 13.5. The van der Waals surface area contributed by atoms with Gasteiger partial charge >= 0.3 is 0 Å². The van der Waals surface area contributed by atoms with Gasteiger partial charge in [0, 0.05) is 43.0 Å². The van der Waals surface area contributed by atoms with E-state index in [1.54, 1.807) is 21.3 Å². The van der Waals surface area contributed by atoms with E-state index in [9.17, 15) is 4.79 Å². The van der Waals surface area contributed by atoms with E-state index in [-0.39, 0.29) is 5.91 Å². The molecule has 0 spiro atoms. The summed E-state index contributed by atoms with van der Waals surface area (Å²) in [5.74, 6) is 1.70. The van der Waals surface area contributed by atoms with Crippen molar-refractivity contribution in [2.45, 2.75) is 18.9 Å². The summed E-state index contributed by atoms with van der Waals surface area (Å²) in [4.78, 5) is 13.8. The number of nitrogens with zero attached hydrogens (tertiary/aromatic N) is 1. The largest absolute Gasteiger partial charge is 0.497 e. The quantitative estimate of drug-likeness (QED) is 0.830. The molecule has 1 aromatic carbocycles. The number of ether oxygens (including phenoxy) is 2. The van der Waals surface area contributed by atoms with Crippen molar-refractivity contribution in [2.75, 3.05) is 46.2 Å². The summed E-state index contributed by atoms with van der Waals surface area (Å²) in [6.07, 6.45) is 1.88. The van der Waals surface area contributed by atoms with Crippen molar-refractivity contribution in [3.05, 3.63) is 18.2 Å². The van der Waals surface area contributed by atoms with Gasteiger partial charge in [0.2, 0.25) is 5.91 Å². The Bertz CT molecular complexity index is 477. The predicted octanol–water partition coefficient (Wildman–Crippen LogP) is 1.33. The topological polar surface area (TPSA) is 62.8 Å². The van der Waals surface area contributed by atoms with Crippen LogP contribution in [0.3, 0.4) is 0 Å². The molecule has 1 heterocycles. The molecule has 22 heavy (non-hydrogen) atoms. The average molecular weight is 307 g/mol. The van der Waals surface area contributed by atoms with Crippen LogP contribution >= 0.6 is 0 Å². The molecule has 122 valence electrons. The second-order valence-electron chi connectivity index (χ2n) is 5.43. The maximum atomic E-state index is 11.8. The summed E-state index contributed by atoms with van der Waals surface area (Å²) in [5.41, 5.74) is 0.983. The van der Waals surface area contributed by atoms with Crippen LogP contribution in [0, 0.1) is 0 Å². The summed E-state index contributed by atoms with van der Waals surface area (Å²) in [6.45, 7) is 1.99. The first-order valence-electron chi connectivity index (χ1n) is 7.58. The van der Waals surface area contributed by atoms with Crippen LogP contribution in [0.15, 0.2) is 18.2 Å². The van der Waals surface area contributed by atoms with Gasteiger partial charge in [0.25, 0.3) is 0 Å². The third-order valence-electron chi connectivity index (χ3n) is 3.90. The zero-order valence-corrected chi connectivity index (χ0v) is 13.5. The third kappa shape index (κ3) is 4.27. The summed E-state index contributed by atoms with van der Waals surface area (Å²) < 4.78 is 10.6. The van der Waals surface area contributed by atoms with Gasteiger partial charge in [-0.3, -0.25) is 4.79 Å². The molecule has 0 saturated carbocycles. The predicted molar refractivity (Wildman–Crippen MR) is 86.7 cm³/mol. The molecule has 6 heteroatoms. The molecule has 0 bridgehead atoms. The Morgan fingerprint density at radius 2 is 1.77 bits per heavy atom. The maximum absolute atomic E-state index is 11.8. The number of likely N-dealkylation sites (N-methyl/N-ethyl adjacent to an activating group) is 1. The Labute approximate surface area is 131 Å². The number of benzene rings is 1. The van der Waals surface area contributed by atoms with Gasteiger partial charge in [-0.15, -0.1) is 0 Å². The summed E-state index contributed by atoms with van der Waals surface area (Å²) in [5, 5.41) is 6.41. The lowest BCUT2D eigenvalue weighted by molar-refractivity contribution is -0.131. The Balaban J connectivity index is 1.92. The van der Waals surface area contributed by atoms with Crippen molar-refractivity contribution in [1.82, 2.24) is 10.2 Å². The number of hydrogen-bond donors (Lipinski definition) is 2. The Hall–Kier alpha value is -1.95. The number of anilines is 1. The Morgan fingerprint density at radius 1 is 1.18 bits per heavy atom. The molecule has 0 aromatic heterocycles. The van der Waals surface area contributed by atoms with Crippen LogP contribution in [0.5, 0.6) is 11.5 Å². The number of likely N-dealkylation sites (tertiary alicyclic amines) is 1. The minimum absolute atomic E-state index is 0.170. The lowest BCUT2D eigenvalue weighted by Crippen LogP contribution is -2.45. The van der Waals surface area contributed by atoms with E-state index in [0.29, 0.717) is 12.6 Å². The number of methoxy groups -OCH3 is 2. The molecule has 2 rings (SSSR count). The van der Waals surface area contributed by atoms with Gasteiger partial charge in [-0.2, -0.15) is 0 Å². The fourth-order valence-corrected chi connectivity index (χ4v) is 2.66. The van der Waals surface area contributed by atoms with E-state index in [2.05, 4.69) is 10.6 Å². The van der Waals surface area contributed by atoms with E-state index in [1.807, 2.05) is 23.1 Å². The van der Waals surface area contributed by atoms with Gasteiger partial charge in [-0.1, -0.05) is 0 Å². The Morgan fingerprint density at radius 3 is 2.27 bits per heavy atom. The fraction of sp³-hybridized carbons (Fsp3) is 0.562. The molecule has 0 radical (unpaired) electrons. The van der Waals surface area contributed by atoms with Crippen LogP contribution in [0.25, 0.3) is 0 Å². The first kappa shape index (κ1) is 16.4. The van der Waals surface area contributed by atoms with E-state index >= 15 is 0 Å². The van der Waals surface area contributed by atoms with Crippen molar-refractivity contribution in [1.29, 1.82) is 0 Å². The monoisotopic (exact) mass is 307 g/mol. The highest BCUT2D eigenvalue weighted by Gasteiger charge is 2.22. The van der Waals surface area contributed by atoms with Crippen LogP contribution < -0.4 is 20.1 Å². The molecule has 0 atom stereocenters. The van der Waals surface area contributed by atoms with Crippen molar-refractivity contribution >= 4 is 11.6 Å². The second kappa shape index (κ2) is 7.89. The lowest BCUT2D eigenvalue weighted by Gasteiger charge is -2.33. The molecule has 6 nitrogen and oxygen atoms in total. The number of carbonyl (C=O) groups excluding carboxylic acids is 1. The van der Waals surface area contributed by atoms with Gasteiger partial charge in [-0.05, 0) is 19.9 Å². The number of rotatable bonds is 6. The molecule has 1 aliphatic heterocycles. The average Bonchev–Trinajstić information content (AvgIpc) is 2.55. The van der Waals surface area contributed by atoms with Gasteiger partial charge < -0.3 is 25.0 Å². The van der Waals surface area contributed by atoms with Crippen molar-refractivity contribution in [3.8, 4) is 11.5 Å². The van der Waals surface area contributed by atoms with E-state index in [1.165, 1.54) is 0 Å². The fourth-order valence-electron chi connectivity index (χ4n) is 2.66. The summed E-state index contributed by atoms with van der Waals surface area (Å²) in [6, 6.07) is 6.13. The van der Waals surface area contributed by atoms with Crippen LogP contribution in [0.1, 0.15) is 12.8 Å². The highest BCUT2D eigenvalue weighted by atomic mass is 16.5. The maximum Gasteiger partial charge on any atom is 0.236 e. The highest BCUT2D eigenvalue weighted by Crippen LogP contribution is 2.27. The van der Waals surface area contributed by atoms with Gasteiger partial charge in [0.05, 0.1) is 20.8 Å².